The van der Waals surface area contributed by atoms with E-state index < -0.39 is 35.8 Å². The Hall–Kier alpha value is -2.32. The van der Waals surface area contributed by atoms with E-state index in [4.69, 9.17) is 9.47 Å². The number of carbonyl (C=O) groups excluding carboxylic acids is 2. The predicted molar refractivity (Wildman–Crippen MR) is 107 cm³/mol. The maximum Gasteiger partial charge on any atom is 0.422 e. The molecule has 1 aromatic heterocycles. The van der Waals surface area contributed by atoms with Crippen molar-refractivity contribution in [3.8, 4) is 5.75 Å². The van der Waals surface area contributed by atoms with E-state index in [9.17, 15) is 22.8 Å². The minimum atomic E-state index is -4.48. The summed E-state index contributed by atoms with van der Waals surface area (Å²) in [6.45, 7) is 5.66. The van der Waals surface area contributed by atoms with Crippen molar-refractivity contribution >= 4 is 11.9 Å². The third-order valence-electron chi connectivity index (χ3n) is 5.35. The summed E-state index contributed by atoms with van der Waals surface area (Å²) in [4.78, 5) is 29.4. The number of hydrogen-bond acceptors (Lipinski definition) is 5. The first-order valence-corrected chi connectivity index (χ1v) is 10.5. The van der Waals surface area contributed by atoms with Gasteiger partial charge in [0.15, 0.2) is 6.61 Å². The van der Waals surface area contributed by atoms with Crippen molar-refractivity contribution in [1.29, 1.82) is 0 Å². The van der Waals surface area contributed by atoms with Crippen molar-refractivity contribution in [2.75, 3.05) is 6.61 Å². The van der Waals surface area contributed by atoms with Crippen LogP contribution in [0.25, 0.3) is 0 Å². The number of halogens is 3. The highest BCUT2D eigenvalue weighted by Gasteiger charge is 2.45. The smallest absolute Gasteiger partial charge is 0.422 e. The number of pyridine rings is 1. The Morgan fingerprint density at radius 2 is 1.77 bits per heavy atom. The molecule has 0 aromatic carbocycles. The van der Waals surface area contributed by atoms with Gasteiger partial charge in [0.25, 0.3) is 5.91 Å². The first kappa shape index (κ1) is 23.3. The average Bonchev–Trinajstić information content (AvgIpc) is 3.50. The molecule has 3 rings (SSSR count). The monoisotopic (exact) mass is 442 g/mol. The molecule has 2 saturated carbocycles. The van der Waals surface area contributed by atoms with Crippen LogP contribution in [-0.4, -0.2) is 40.8 Å². The molecular formula is C22H29F3N2O4. The number of carbonyl (C=O) groups is 2. The van der Waals surface area contributed by atoms with Gasteiger partial charge >= 0.3 is 12.1 Å². The Morgan fingerprint density at radius 1 is 1.13 bits per heavy atom. The molecule has 0 saturated heterocycles. The Labute approximate surface area is 179 Å². The van der Waals surface area contributed by atoms with Gasteiger partial charge in [-0.15, -0.1) is 0 Å². The summed E-state index contributed by atoms with van der Waals surface area (Å²) in [5, 5.41) is 2.87. The topological polar surface area (TPSA) is 77.5 Å². The minimum Gasteiger partial charge on any atom is -0.484 e. The number of aromatic nitrogens is 1. The predicted octanol–water partition coefficient (Wildman–Crippen LogP) is 4.53. The largest absolute Gasteiger partial charge is 0.484 e. The minimum absolute atomic E-state index is 0.00172. The van der Waals surface area contributed by atoms with Crippen LogP contribution in [0.1, 0.15) is 81.8 Å². The second-order valence-corrected chi connectivity index (χ2v) is 9.69. The van der Waals surface area contributed by atoms with E-state index in [0.717, 1.165) is 25.7 Å². The number of nitrogens with one attached hydrogen (secondary N) is 1. The van der Waals surface area contributed by atoms with E-state index in [1.807, 2.05) is 0 Å². The van der Waals surface area contributed by atoms with E-state index in [-0.39, 0.29) is 29.7 Å². The fraction of sp³-hybridized carbons (Fsp3) is 0.682. The third-order valence-corrected chi connectivity index (χ3v) is 5.35. The number of esters is 1. The summed E-state index contributed by atoms with van der Waals surface area (Å²) in [6.07, 6.45) is 0.376. The van der Waals surface area contributed by atoms with Gasteiger partial charge in [-0.1, -0.05) is 0 Å². The Bertz CT molecular complexity index is 842. The summed E-state index contributed by atoms with van der Waals surface area (Å²) in [5.41, 5.74) is -0.933. The van der Waals surface area contributed by atoms with Crippen LogP contribution >= 0.6 is 0 Å². The van der Waals surface area contributed by atoms with E-state index in [0.29, 0.717) is 5.56 Å². The SMILES string of the molecule is CC(C)(C)OC(=O)C[C@@](C)(NC(=O)c1cc(OCC(F)(F)F)c(C2CC2)cn1)C1CC1. The highest BCUT2D eigenvalue weighted by atomic mass is 19.4. The van der Waals surface area contributed by atoms with Gasteiger partial charge in [0, 0.05) is 17.8 Å². The lowest BCUT2D eigenvalue weighted by Gasteiger charge is -2.31. The van der Waals surface area contributed by atoms with E-state index in [1.165, 1.54) is 12.3 Å². The van der Waals surface area contributed by atoms with E-state index in [2.05, 4.69) is 10.3 Å². The molecule has 0 bridgehead atoms. The molecule has 0 aliphatic heterocycles. The Balaban J connectivity index is 1.75. The third kappa shape index (κ3) is 6.83. The fourth-order valence-corrected chi connectivity index (χ4v) is 3.57. The van der Waals surface area contributed by atoms with Crippen LogP contribution in [0, 0.1) is 5.92 Å². The zero-order chi connectivity index (χ0) is 23.0. The number of hydrogen-bond donors (Lipinski definition) is 1. The molecule has 1 N–H and O–H groups in total. The number of nitrogens with zero attached hydrogens (tertiary/aromatic N) is 1. The highest BCUT2D eigenvalue weighted by molar-refractivity contribution is 5.93. The molecule has 31 heavy (non-hydrogen) atoms. The molecule has 2 fully saturated rings. The lowest BCUT2D eigenvalue weighted by molar-refractivity contribution is -0.156. The molecule has 0 spiro atoms. The molecule has 9 heteroatoms. The summed E-state index contributed by atoms with van der Waals surface area (Å²) in [5.74, 6) is -0.724. The van der Waals surface area contributed by atoms with Gasteiger partial charge in [-0.05, 0) is 65.2 Å². The van der Waals surface area contributed by atoms with Gasteiger partial charge in [-0.2, -0.15) is 13.2 Å². The summed E-state index contributed by atoms with van der Waals surface area (Å²) < 4.78 is 48.3. The lowest BCUT2D eigenvalue weighted by Crippen LogP contribution is -2.50. The molecule has 2 aliphatic rings. The maximum atomic E-state index is 12.9. The zero-order valence-corrected chi connectivity index (χ0v) is 18.3. The van der Waals surface area contributed by atoms with Crippen LogP contribution in [0.5, 0.6) is 5.75 Å². The van der Waals surface area contributed by atoms with Gasteiger partial charge < -0.3 is 14.8 Å². The molecule has 6 nitrogen and oxygen atoms in total. The highest BCUT2D eigenvalue weighted by Crippen LogP contribution is 2.45. The van der Waals surface area contributed by atoms with Crippen molar-refractivity contribution in [3.05, 3.63) is 23.5 Å². The normalized spacial score (nSPS) is 18.8. The molecule has 0 unspecified atom stereocenters. The molecule has 1 aromatic rings. The summed E-state index contributed by atoms with van der Waals surface area (Å²) in [6, 6.07) is 1.26. The summed E-state index contributed by atoms with van der Waals surface area (Å²) >= 11 is 0. The van der Waals surface area contributed by atoms with Crippen molar-refractivity contribution in [2.45, 2.75) is 83.0 Å². The molecule has 2 aliphatic carbocycles. The van der Waals surface area contributed by atoms with E-state index >= 15 is 0 Å². The van der Waals surface area contributed by atoms with Crippen molar-refractivity contribution < 1.29 is 32.2 Å². The number of ether oxygens (including phenoxy) is 2. The molecule has 1 atom stereocenters. The average molecular weight is 442 g/mol. The van der Waals surface area contributed by atoms with E-state index in [1.54, 1.807) is 27.7 Å². The first-order valence-electron chi connectivity index (χ1n) is 10.5. The van der Waals surface area contributed by atoms with Gasteiger partial charge in [0.1, 0.15) is 17.0 Å². The number of alkyl halides is 3. The van der Waals surface area contributed by atoms with Gasteiger partial charge in [-0.25, -0.2) is 0 Å². The molecule has 172 valence electrons. The molecular weight excluding hydrogens is 413 g/mol. The standard InChI is InChI=1S/C22H29F3N2O4/c1-20(2,3)31-18(28)10-21(4,14-7-8-14)27-19(29)16-9-17(30-12-22(23,24)25)15(11-26-16)13-5-6-13/h9,11,13-14H,5-8,10,12H2,1-4H3,(H,27,29)/t21-/m1/s1. The first-order chi connectivity index (χ1) is 14.3. The number of amides is 1. The fourth-order valence-electron chi connectivity index (χ4n) is 3.57. The van der Waals surface area contributed by atoms with Crippen LogP contribution in [0.15, 0.2) is 12.3 Å². The number of rotatable bonds is 8. The van der Waals surface area contributed by atoms with Gasteiger partial charge in [-0.3, -0.25) is 14.6 Å². The summed E-state index contributed by atoms with van der Waals surface area (Å²) in [7, 11) is 0. The quantitative estimate of drug-likeness (QED) is 0.599. The van der Waals surface area contributed by atoms with Crippen LogP contribution in [0.3, 0.4) is 0 Å². The lowest BCUT2D eigenvalue weighted by atomic mass is 9.91. The Kier molecular flexibility index (Phi) is 6.26. The van der Waals surface area contributed by atoms with Crippen LogP contribution in [-0.2, 0) is 9.53 Å². The van der Waals surface area contributed by atoms with Crippen LogP contribution in [0.2, 0.25) is 0 Å². The van der Waals surface area contributed by atoms with Crippen LogP contribution in [0.4, 0.5) is 13.2 Å². The van der Waals surface area contributed by atoms with Crippen molar-refractivity contribution in [1.82, 2.24) is 10.3 Å². The molecule has 1 amide bonds. The van der Waals surface area contributed by atoms with Gasteiger partial charge in [0.2, 0.25) is 0 Å². The molecule has 1 heterocycles. The maximum absolute atomic E-state index is 12.9. The van der Waals surface area contributed by atoms with Crippen molar-refractivity contribution in [3.63, 3.8) is 0 Å². The van der Waals surface area contributed by atoms with Crippen molar-refractivity contribution in [2.24, 2.45) is 5.92 Å². The molecule has 0 radical (unpaired) electrons. The Morgan fingerprint density at radius 3 is 2.29 bits per heavy atom. The second-order valence-electron chi connectivity index (χ2n) is 9.69. The van der Waals surface area contributed by atoms with Gasteiger partial charge in [0.05, 0.1) is 12.0 Å². The second kappa shape index (κ2) is 8.31. The van der Waals surface area contributed by atoms with Crippen LogP contribution < -0.4 is 10.1 Å². The zero-order valence-electron chi connectivity index (χ0n) is 18.3.